The van der Waals surface area contributed by atoms with Crippen molar-refractivity contribution in [2.75, 3.05) is 30.5 Å². The van der Waals surface area contributed by atoms with E-state index in [2.05, 4.69) is 20.8 Å². The monoisotopic (exact) mass is 392 g/mol. The lowest BCUT2D eigenvalue weighted by atomic mass is 10.1. The van der Waals surface area contributed by atoms with Crippen LogP contribution in [-0.2, 0) is 0 Å². The van der Waals surface area contributed by atoms with Gasteiger partial charge in [0.1, 0.15) is 13.2 Å². The summed E-state index contributed by atoms with van der Waals surface area (Å²) in [7, 11) is 0. The second kappa shape index (κ2) is 8.47. The maximum absolute atomic E-state index is 12.3. The van der Waals surface area contributed by atoms with E-state index in [-0.39, 0.29) is 6.03 Å². The lowest BCUT2D eigenvalue weighted by molar-refractivity contribution is 0.171. The van der Waals surface area contributed by atoms with Crippen LogP contribution >= 0.6 is 0 Å². The standard InChI is InChI=1S/C21H20N4O4/c1-2-27-20-10-8-17(24-25-20)14-3-5-15(6-4-14)22-21(26)23-16-7-9-18-19(13-16)29-12-11-28-18/h3-10,13H,2,11-12H2,1H3,(H2,22,23,26). The molecule has 0 bridgehead atoms. The number of fused-ring (bicyclic) bond motifs is 1. The number of carbonyl (C=O) groups is 1. The van der Waals surface area contributed by atoms with Gasteiger partial charge in [-0.1, -0.05) is 12.1 Å². The molecule has 0 saturated heterocycles. The van der Waals surface area contributed by atoms with Crippen LogP contribution in [0, 0.1) is 0 Å². The number of hydrogen-bond acceptors (Lipinski definition) is 6. The van der Waals surface area contributed by atoms with Crippen LogP contribution in [0.3, 0.4) is 0 Å². The van der Waals surface area contributed by atoms with Gasteiger partial charge in [-0.15, -0.1) is 10.2 Å². The van der Waals surface area contributed by atoms with Gasteiger partial charge in [-0.3, -0.25) is 0 Å². The Morgan fingerprint density at radius 1 is 0.931 bits per heavy atom. The van der Waals surface area contributed by atoms with E-state index in [0.29, 0.717) is 48.6 Å². The van der Waals surface area contributed by atoms with Crippen molar-refractivity contribution in [3.8, 4) is 28.6 Å². The molecule has 3 aromatic rings. The van der Waals surface area contributed by atoms with Crippen LogP contribution in [0.5, 0.6) is 17.4 Å². The normalized spacial score (nSPS) is 12.2. The van der Waals surface area contributed by atoms with Gasteiger partial charge in [0.25, 0.3) is 0 Å². The molecule has 0 fully saturated rings. The molecule has 4 rings (SSSR count). The molecule has 2 heterocycles. The van der Waals surface area contributed by atoms with Gasteiger partial charge in [0.05, 0.1) is 12.3 Å². The number of anilines is 2. The van der Waals surface area contributed by atoms with Crippen molar-refractivity contribution in [1.29, 1.82) is 0 Å². The molecular formula is C21H20N4O4. The molecule has 2 N–H and O–H groups in total. The number of carbonyl (C=O) groups excluding carboxylic acids is 1. The number of nitrogens with zero attached hydrogens (tertiary/aromatic N) is 2. The van der Waals surface area contributed by atoms with Crippen LogP contribution < -0.4 is 24.8 Å². The SMILES string of the molecule is CCOc1ccc(-c2ccc(NC(=O)Nc3ccc4c(c3)OCCO4)cc2)nn1. The molecule has 0 spiro atoms. The lowest BCUT2D eigenvalue weighted by Crippen LogP contribution is -2.20. The van der Waals surface area contributed by atoms with E-state index in [9.17, 15) is 4.79 Å². The number of ether oxygens (including phenoxy) is 3. The molecule has 148 valence electrons. The summed E-state index contributed by atoms with van der Waals surface area (Å²) >= 11 is 0. The summed E-state index contributed by atoms with van der Waals surface area (Å²) in [6.07, 6.45) is 0. The molecule has 2 aromatic carbocycles. The van der Waals surface area contributed by atoms with Crippen molar-refractivity contribution < 1.29 is 19.0 Å². The Bertz CT molecular complexity index is 991. The van der Waals surface area contributed by atoms with Crippen LogP contribution in [0.1, 0.15) is 6.92 Å². The summed E-state index contributed by atoms with van der Waals surface area (Å²) in [5, 5.41) is 13.8. The van der Waals surface area contributed by atoms with Gasteiger partial charge in [-0.25, -0.2) is 4.79 Å². The zero-order valence-electron chi connectivity index (χ0n) is 15.8. The van der Waals surface area contributed by atoms with E-state index in [1.165, 1.54) is 0 Å². The Morgan fingerprint density at radius 2 is 1.66 bits per heavy atom. The molecular weight excluding hydrogens is 372 g/mol. The Balaban J connectivity index is 1.37. The highest BCUT2D eigenvalue weighted by Crippen LogP contribution is 2.32. The van der Waals surface area contributed by atoms with E-state index in [1.807, 2.05) is 25.1 Å². The van der Waals surface area contributed by atoms with Gasteiger partial charge in [0, 0.05) is 29.1 Å². The molecule has 1 aromatic heterocycles. The van der Waals surface area contributed by atoms with E-state index in [0.717, 1.165) is 11.3 Å². The summed E-state index contributed by atoms with van der Waals surface area (Å²) in [6.45, 7) is 3.46. The van der Waals surface area contributed by atoms with Gasteiger partial charge >= 0.3 is 6.03 Å². The number of aromatic nitrogens is 2. The van der Waals surface area contributed by atoms with Gasteiger partial charge in [-0.05, 0) is 37.3 Å². The fourth-order valence-electron chi connectivity index (χ4n) is 2.84. The van der Waals surface area contributed by atoms with Crippen LogP contribution in [-0.4, -0.2) is 36.0 Å². The minimum Gasteiger partial charge on any atom is -0.486 e. The zero-order chi connectivity index (χ0) is 20.1. The van der Waals surface area contributed by atoms with Gasteiger partial charge < -0.3 is 24.8 Å². The van der Waals surface area contributed by atoms with Gasteiger partial charge in [-0.2, -0.15) is 0 Å². The molecule has 0 aliphatic carbocycles. The lowest BCUT2D eigenvalue weighted by Gasteiger charge is -2.19. The summed E-state index contributed by atoms with van der Waals surface area (Å²) < 4.78 is 16.3. The first-order chi connectivity index (χ1) is 14.2. The van der Waals surface area contributed by atoms with Crippen LogP contribution in [0.25, 0.3) is 11.3 Å². The number of amides is 2. The number of hydrogen-bond donors (Lipinski definition) is 2. The Labute approximate surface area is 167 Å². The fraction of sp³-hybridized carbons (Fsp3) is 0.190. The zero-order valence-corrected chi connectivity index (χ0v) is 15.8. The molecule has 0 saturated carbocycles. The van der Waals surface area contributed by atoms with E-state index in [4.69, 9.17) is 14.2 Å². The molecule has 0 atom stereocenters. The fourth-order valence-corrected chi connectivity index (χ4v) is 2.84. The van der Waals surface area contributed by atoms with Crippen molar-refractivity contribution in [3.63, 3.8) is 0 Å². The van der Waals surface area contributed by atoms with Crippen molar-refractivity contribution in [2.45, 2.75) is 6.92 Å². The second-order valence-electron chi connectivity index (χ2n) is 6.20. The minimum atomic E-state index is -0.352. The van der Waals surface area contributed by atoms with Crippen molar-refractivity contribution in [3.05, 3.63) is 54.6 Å². The maximum Gasteiger partial charge on any atom is 0.323 e. The number of urea groups is 1. The number of nitrogens with one attached hydrogen (secondary N) is 2. The first-order valence-corrected chi connectivity index (χ1v) is 9.26. The first kappa shape index (κ1) is 18.5. The minimum absolute atomic E-state index is 0.352. The molecule has 2 amide bonds. The summed E-state index contributed by atoms with van der Waals surface area (Å²) in [4.78, 5) is 12.3. The first-order valence-electron chi connectivity index (χ1n) is 9.26. The molecule has 1 aliphatic heterocycles. The predicted molar refractivity (Wildman–Crippen MR) is 109 cm³/mol. The maximum atomic E-state index is 12.3. The molecule has 8 heteroatoms. The molecule has 0 unspecified atom stereocenters. The van der Waals surface area contributed by atoms with Crippen molar-refractivity contribution in [1.82, 2.24) is 10.2 Å². The summed E-state index contributed by atoms with van der Waals surface area (Å²) in [5.41, 5.74) is 2.88. The van der Waals surface area contributed by atoms with Crippen molar-refractivity contribution in [2.24, 2.45) is 0 Å². The Morgan fingerprint density at radius 3 is 2.38 bits per heavy atom. The van der Waals surface area contributed by atoms with E-state index >= 15 is 0 Å². The predicted octanol–water partition coefficient (Wildman–Crippen LogP) is 3.96. The van der Waals surface area contributed by atoms with E-state index < -0.39 is 0 Å². The van der Waals surface area contributed by atoms with Crippen LogP contribution in [0.2, 0.25) is 0 Å². The third-order valence-electron chi connectivity index (χ3n) is 4.17. The van der Waals surface area contributed by atoms with Crippen molar-refractivity contribution >= 4 is 17.4 Å². The van der Waals surface area contributed by atoms with Gasteiger partial charge in [0.15, 0.2) is 11.5 Å². The highest BCUT2D eigenvalue weighted by atomic mass is 16.6. The van der Waals surface area contributed by atoms with E-state index in [1.54, 1.807) is 36.4 Å². The average molecular weight is 392 g/mol. The number of benzene rings is 2. The molecule has 8 nitrogen and oxygen atoms in total. The Hall–Kier alpha value is -3.81. The van der Waals surface area contributed by atoms with Crippen LogP contribution in [0.4, 0.5) is 16.2 Å². The molecule has 1 aliphatic rings. The number of rotatable bonds is 5. The third kappa shape index (κ3) is 4.55. The quantitative estimate of drug-likeness (QED) is 0.683. The highest BCUT2D eigenvalue weighted by Gasteiger charge is 2.13. The summed E-state index contributed by atoms with van der Waals surface area (Å²) in [5.74, 6) is 1.79. The second-order valence-corrected chi connectivity index (χ2v) is 6.20. The largest absolute Gasteiger partial charge is 0.486 e. The third-order valence-corrected chi connectivity index (χ3v) is 4.17. The Kier molecular flexibility index (Phi) is 5.42. The van der Waals surface area contributed by atoms with Crippen LogP contribution in [0.15, 0.2) is 54.6 Å². The summed E-state index contributed by atoms with van der Waals surface area (Å²) in [6, 6.07) is 15.9. The average Bonchev–Trinajstić information content (AvgIpc) is 2.75. The van der Waals surface area contributed by atoms with Gasteiger partial charge in [0.2, 0.25) is 5.88 Å². The molecule has 0 radical (unpaired) electrons. The smallest absolute Gasteiger partial charge is 0.323 e. The molecule has 29 heavy (non-hydrogen) atoms. The topological polar surface area (TPSA) is 94.6 Å². The highest BCUT2D eigenvalue weighted by molar-refractivity contribution is 6.00.